The van der Waals surface area contributed by atoms with Gasteiger partial charge in [0, 0.05) is 12.8 Å². The number of nitrogens with zero attached hydrogens (tertiary/aromatic N) is 2. The van der Waals surface area contributed by atoms with Crippen molar-refractivity contribution in [3.8, 4) is 5.69 Å². The van der Waals surface area contributed by atoms with Crippen LogP contribution < -0.4 is 17.1 Å². The first kappa shape index (κ1) is 21.5. The minimum Gasteiger partial charge on any atom is -0.258 e. The molecule has 0 bridgehead atoms. The van der Waals surface area contributed by atoms with Gasteiger partial charge in [-0.1, -0.05) is 0 Å². The predicted molar refractivity (Wildman–Crippen MR) is 108 cm³/mol. The second-order valence-electron chi connectivity index (χ2n) is 6.34. The van der Waals surface area contributed by atoms with E-state index in [1.54, 1.807) is 6.92 Å². The van der Waals surface area contributed by atoms with Gasteiger partial charge in [0.05, 0.1) is 20.4 Å². The minimum absolute atomic E-state index is 0.0125. The Labute approximate surface area is 170 Å². The summed E-state index contributed by atoms with van der Waals surface area (Å²) in [7, 11) is -7.43. The minimum atomic E-state index is -3.96. The van der Waals surface area contributed by atoms with E-state index in [0.717, 1.165) is 15.4 Å². The number of sulfone groups is 2. The van der Waals surface area contributed by atoms with E-state index >= 15 is 0 Å². The standard InChI is InChI=1S/C18H17N3O7S2/c1-3-20-16(22)19-17(23)21(18(20)24)12-4-6-14(7-5-12)30(27,28)15-10-8-13(9-11-15)29(2,25)26/h4-11H,3H2,1-2H3,(H,19,22,23). The molecular weight excluding hydrogens is 434 g/mol. The lowest BCUT2D eigenvalue weighted by Gasteiger charge is -2.09. The Balaban J connectivity index is 2.05. The van der Waals surface area contributed by atoms with Crippen LogP contribution in [0.25, 0.3) is 5.69 Å². The van der Waals surface area contributed by atoms with Crippen LogP contribution in [0.2, 0.25) is 0 Å². The molecule has 3 aromatic rings. The quantitative estimate of drug-likeness (QED) is 0.572. The van der Waals surface area contributed by atoms with Gasteiger partial charge in [-0.05, 0) is 55.5 Å². The smallest absolute Gasteiger partial charge is 0.258 e. The molecule has 0 fully saturated rings. The fraction of sp³-hybridized carbons (Fsp3) is 0.167. The third-order valence-electron chi connectivity index (χ3n) is 4.37. The third kappa shape index (κ3) is 3.78. The van der Waals surface area contributed by atoms with Gasteiger partial charge in [0.2, 0.25) is 9.84 Å². The Hall–Kier alpha value is -3.25. The summed E-state index contributed by atoms with van der Waals surface area (Å²) in [6, 6.07) is 9.72. The average molecular weight is 451 g/mol. The Morgan fingerprint density at radius 1 is 0.767 bits per heavy atom. The Bertz CT molecular complexity index is 1490. The zero-order valence-electron chi connectivity index (χ0n) is 15.9. The topological polar surface area (TPSA) is 145 Å². The summed E-state index contributed by atoms with van der Waals surface area (Å²) in [5, 5.41) is 0. The lowest BCUT2D eigenvalue weighted by Crippen LogP contribution is -2.48. The van der Waals surface area contributed by atoms with Crippen LogP contribution in [0, 0.1) is 0 Å². The second kappa shape index (κ2) is 7.54. The van der Waals surface area contributed by atoms with Crippen LogP contribution in [0.3, 0.4) is 0 Å². The van der Waals surface area contributed by atoms with Gasteiger partial charge in [0.25, 0.3) is 0 Å². The van der Waals surface area contributed by atoms with Crippen LogP contribution in [0.4, 0.5) is 0 Å². The highest BCUT2D eigenvalue weighted by Crippen LogP contribution is 2.23. The van der Waals surface area contributed by atoms with Crippen molar-refractivity contribution in [2.24, 2.45) is 0 Å². The maximum absolute atomic E-state index is 12.8. The van der Waals surface area contributed by atoms with Gasteiger partial charge in [-0.15, -0.1) is 0 Å². The first-order valence-electron chi connectivity index (χ1n) is 8.58. The predicted octanol–water partition coefficient (Wildman–Crippen LogP) is -0.0563. The van der Waals surface area contributed by atoms with E-state index in [1.807, 2.05) is 4.98 Å². The third-order valence-corrected chi connectivity index (χ3v) is 7.28. The Kier molecular flexibility index (Phi) is 5.39. The van der Waals surface area contributed by atoms with Crippen LogP contribution >= 0.6 is 0 Å². The average Bonchev–Trinajstić information content (AvgIpc) is 2.68. The molecule has 3 rings (SSSR count). The molecule has 10 nitrogen and oxygen atoms in total. The molecule has 0 amide bonds. The van der Waals surface area contributed by atoms with E-state index in [4.69, 9.17) is 0 Å². The summed E-state index contributed by atoms with van der Waals surface area (Å²) in [6.45, 7) is 1.61. The highest BCUT2D eigenvalue weighted by atomic mass is 32.2. The molecule has 0 aliphatic rings. The number of H-pyrrole nitrogens is 1. The fourth-order valence-corrected chi connectivity index (χ4v) is 4.68. The van der Waals surface area contributed by atoms with Gasteiger partial charge < -0.3 is 0 Å². The van der Waals surface area contributed by atoms with Gasteiger partial charge in [0.15, 0.2) is 9.84 Å². The van der Waals surface area contributed by atoms with Gasteiger partial charge in [-0.25, -0.2) is 40.4 Å². The molecule has 0 unspecified atom stereocenters. The molecule has 1 N–H and O–H groups in total. The molecule has 0 radical (unpaired) electrons. The Morgan fingerprint density at radius 2 is 1.23 bits per heavy atom. The lowest BCUT2D eigenvalue weighted by molar-refractivity contribution is 0.593. The van der Waals surface area contributed by atoms with Crippen LogP contribution in [0.15, 0.2) is 77.6 Å². The highest BCUT2D eigenvalue weighted by Gasteiger charge is 2.19. The van der Waals surface area contributed by atoms with Crippen molar-refractivity contribution in [2.45, 2.75) is 28.2 Å². The summed E-state index contributed by atoms with van der Waals surface area (Å²) in [4.78, 5) is 37.9. The van der Waals surface area contributed by atoms with E-state index < -0.39 is 36.7 Å². The SMILES string of the molecule is CCn1c(=O)[nH]c(=O)n(-c2ccc(S(=O)(=O)c3ccc(S(C)(=O)=O)cc3)cc2)c1=O. The first-order valence-corrected chi connectivity index (χ1v) is 12.0. The number of hydrogen-bond acceptors (Lipinski definition) is 7. The molecule has 12 heteroatoms. The monoisotopic (exact) mass is 451 g/mol. The lowest BCUT2D eigenvalue weighted by atomic mass is 10.3. The first-order chi connectivity index (χ1) is 14.0. The molecule has 0 atom stereocenters. The molecule has 2 aromatic carbocycles. The number of aromatic amines is 1. The number of aromatic nitrogens is 3. The van der Waals surface area contributed by atoms with Crippen molar-refractivity contribution >= 4 is 19.7 Å². The highest BCUT2D eigenvalue weighted by molar-refractivity contribution is 7.91. The fourth-order valence-electron chi connectivity index (χ4n) is 2.79. The van der Waals surface area contributed by atoms with E-state index in [0.29, 0.717) is 0 Å². The molecule has 1 heterocycles. The molecule has 0 spiro atoms. The van der Waals surface area contributed by atoms with Gasteiger partial charge in [0.1, 0.15) is 0 Å². The zero-order valence-corrected chi connectivity index (χ0v) is 17.5. The van der Waals surface area contributed by atoms with Crippen molar-refractivity contribution in [3.63, 3.8) is 0 Å². The van der Waals surface area contributed by atoms with E-state index in [1.165, 1.54) is 48.5 Å². The van der Waals surface area contributed by atoms with E-state index in [9.17, 15) is 31.2 Å². The number of hydrogen-bond donors (Lipinski definition) is 1. The molecule has 30 heavy (non-hydrogen) atoms. The number of nitrogens with one attached hydrogen (secondary N) is 1. The zero-order chi connectivity index (χ0) is 22.3. The maximum Gasteiger partial charge on any atom is 0.340 e. The van der Waals surface area contributed by atoms with E-state index in [-0.39, 0.29) is 26.9 Å². The van der Waals surface area contributed by atoms with Crippen LogP contribution in [0.5, 0.6) is 0 Å². The van der Waals surface area contributed by atoms with Crippen molar-refractivity contribution < 1.29 is 16.8 Å². The molecule has 1 aromatic heterocycles. The Morgan fingerprint density at radius 3 is 1.70 bits per heavy atom. The van der Waals surface area contributed by atoms with Crippen molar-refractivity contribution in [1.29, 1.82) is 0 Å². The number of benzene rings is 2. The summed E-state index contributed by atoms with van der Waals surface area (Å²) in [5.41, 5.74) is -2.55. The maximum atomic E-state index is 12.8. The van der Waals surface area contributed by atoms with Crippen molar-refractivity contribution in [3.05, 3.63) is 80.0 Å². The molecule has 0 aliphatic heterocycles. The number of rotatable bonds is 5. The van der Waals surface area contributed by atoms with Crippen molar-refractivity contribution in [2.75, 3.05) is 6.26 Å². The van der Waals surface area contributed by atoms with Crippen LogP contribution in [-0.2, 0) is 26.2 Å². The van der Waals surface area contributed by atoms with Crippen LogP contribution in [0.1, 0.15) is 6.92 Å². The molecular formula is C18H17N3O7S2. The van der Waals surface area contributed by atoms with Crippen molar-refractivity contribution in [1.82, 2.24) is 14.1 Å². The normalized spacial score (nSPS) is 12.1. The molecule has 0 aliphatic carbocycles. The molecule has 0 saturated heterocycles. The molecule has 158 valence electrons. The second-order valence-corrected chi connectivity index (χ2v) is 10.3. The summed E-state index contributed by atoms with van der Waals surface area (Å²) in [6.07, 6.45) is 1.01. The summed E-state index contributed by atoms with van der Waals surface area (Å²) in [5.74, 6) is 0. The summed E-state index contributed by atoms with van der Waals surface area (Å²) >= 11 is 0. The largest absolute Gasteiger partial charge is 0.340 e. The van der Waals surface area contributed by atoms with Crippen LogP contribution in [-0.4, -0.2) is 37.2 Å². The van der Waals surface area contributed by atoms with Gasteiger partial charge in [-0.2, -0.15) is 0 Å². The molecule has 0 saturated carbocycles. The van der Waals surface area contributed by atoms with E-state index in [2.05, 4.69) is 0 Å². The summed E-state index contributed by atoms with van der Waals surface area (Å²) < 4.78 is 50.2. The van der Waals surface area contributed by atoms with Gasteiger partial charge >= 0.3 is 17.1 Å². The van der Waals surface area contributed by atoms with Gasteiger partial charge in [-0.3, -0.25) is 4.98 Å².